The predicted octanol–water partition coefficient (Wildman–Crippen LogP) is 2.96. The third kappa shape index (κ3) is 3.06. The van der Waals surface area contributed by atoms with Crippen molar-refractivity contribution in [3.63, 3.8) is 0 Å². The van der Waals surface area contributed by atoms with Crippen molar-refractivity contribution in [2.45, 2.75) is 25.4 Å². The van der Waals surface area contributed by atoms with Crippen molar-refractivity contribution in [2.75, 3.05) is 33.4 Å². The van der Waals surface area contributed by atoms with E-state index in [1.54, 1.807) is 6.07 Å². The van der Waals surface area contributed by atoms with Gasteiger partial charge in [-0.05, 0) is 42.9 Å². The Hall–Kier alpha value is -0.490. The highest BCUT2D eigenvalue weighted by atomic mass is 79.9. The largest absolute Gasteiger partial charge is 0.379 e. The van der Waals surface area contributed by atoms with E-state index in [2.05, 4.69) is 40.0 Å². The molecule has 1 aromatic carbocycles. The molecule has 1 aliphatic heterocycles. The lowest BCUT2D eigenvalue weighted by molar-refractivity contribution is -0.0233. The predicted molar refractivity (Wildman–Crippen MR) is 82.4 cm³/mol. The molecular weight excluding hydrogens is 323 g/mol. The van der Waals surface area contributed by atoms with Gasteiger partial charge in [0.25, 0.3) is 0 Å². The average molecular weight is 345 g/mol. The maximum absolute atomic E-state index is 14.4. The second-order valence-corrected chi connectivity index (χ2v) is 6.47. The third-order valence-electron chi connectivity index (χ3n) is 4.11. The van der Waals surface area contributed by atoms with Crippen molar-refractivity contribution in [3.8, 4) is 0 Å². The minimum absolute atomic E-state index is 0.0851. The summed E-state index contributed by atoms with van der Waals surface area (Å²) in [6.07, 6.45) is 0. The number of halogens is 2. The van der Waals surface area contributed by atoms with E-state index in [0.29, 0.717) is 10.0 Å². The fourth-order valence-electron chi connectivity index (χ4n) is 2.95. The van der Waals surface area contributed by atoms with Crippen molar-refractivity contribution in [2.24, 2.45) is 0 Å². The Balaban J connectivity index is 2.32. The molecule has 1 aliphatic rings. The zero-order valence-electron chi connectivity index (χ0n) is 12.2. The number of ether oxygens (including phenoxy) is 1. The molecule has 0 saturated carbocycles. The first-order chi connectivity index (χ1) is 9.48. The van der Waals surface area contributed by atoms with Crippen LogP contribution in [-0.4, -0.2) is 43.8 Å². The van der Waals surface area contributed by atoms with E-state index in [1.165, 1.54) is 0 Å². The van der Waals surface area contributed by atoms with E-state index in [1.807, 2.05) is 19.2 Å². The van der Waals surface area contributed by atoms with Crippen molar-refractivity contribution in [3.05, 3.63) is 34.1 Å². The van der Waals surface area contributed by atoms with Crippen molar-refractivity contribution in [1.82, 2.24) is 10.2 Å². The van der Waals surface area contributed by atoms with Gasteiger partial charge in [-0.3, -0.25) is 4.90 Å². The Labute approximate surface area is 128 Å². The van der Waals surface area contributed by atoms with Crippen LogP contribution < -0.4 is 5.32 Å². The number of hydrogen-bond acceptors (Lipinski definition) is 3. The number of benzene rings is 1. The maximum Gasteiger partial charge on any atom is 0.142 e. The zero-order valence-corrected chi connectivity index (χ0v) is 13.8. The third-order valence-corrected chi connectivity index (χ3v) is 4.73. The first-order valence-electron chi connectivity index (χ1n) is 6.92. The van der Waals surface area contributed by atoms with Crippen molar-refractivity contribution >= 4 is 15.9 Å². The molecule has 112 valence electrons. The lowest BCUT2D eigenvalue weighted by Gasteiger charge is -2.46. The van der Waals surface area contributed by atoms with E-state index in [0.717, 1.165) is 26.3 Å². The molecule has 1 aromatic rings. The van der Waals surface area contributed by atoms with Crippen molar-refractivity contribution in [1.29, 1.82) is 0 Å². The molecule has 0 radical (unpaired) electrons. The highest BCUT2D eigenvalue weighted by Crippen LogP contribution is 2.34. The molecule has 20 heavy (non-hydrogen) atoms. The first kappa shape index (κ1) is 15.9. The molecule has 2 rings (SSSR count). The fourth-order valence-corrected chi connectivity index (χ4v) is 3.34. The Morgan fingerprint density at radius 1 is 1.35 bits per heavy atom. The first-order valence-corrected chi connectivity index (χ1v) is 7.71. The Bertz CT molecular complexity index is 461. The molecule has 5 heteroatoms. The number of rotatable bonds is 4. The summed E-state index contributed by atoms with van der Waals surface area (Å²) in [5.74, 6) is -0.187. The van der Waals surface area contributed by atoms with Crippen LogP contribution >= 0.6 is 15.9 Å². The Kier molecular flexibility index (Phi) is 5.18. The van der Waals surface area contributed by atoms with Gasteiger partial charge in [0.1, 0.15) is 5.82 Å². The summed E-state index contributed by atoms with van der Waals surface area (Å²) in [5.41, 5.74) is 0.499. The fraction of sp³-hybridized carbons (Fsp3) is 0.600. The van der Waals surface area contributed by atoms with Gasteiger partial charge in [0.2, 0.25) is 0 Å². The molecule has 0 aromatic heterocycles. The normalized spacial score (nSPS) is 19.1. The quantitative estimate of drug-likeness (QED) is 0.908. The van der Waals surface area contributed by atoms with Gasteiger partial charge in [0.15, 0.2) is 0 Å². The SMILES string of the molecule is CNC(c1cccc(Br)c1F)C(C)(C)N1CCOCC1. The van der Waals surface area contributed by atoms with Gasteiger partial charge in [0.05, 0.1) is 23.7 Å². The van der Waals surface area contributed by atoms with Gasteiger partial charge in [-0.25, -0.2) is 4.39 Å². The Morgan fingerprint density at radius 3 is 2.60 bits per heavy atom. The second kappa shape index (κ2) is 6.52. The average Bonchev–Trinajstić information content (AvgIpc) is 2.45. The minimum atomic E-state index is -0.194. The number of hydrogen-bond donors (Lipinski definition) is 1. The maximum atomic E-state index is 14.4. The van der Waals surface area contributed by atoms with Crippen LogP contribution in [0.15, 0.2) is 22.7 Å². The van der Waals surface area contributed by atoms with Crippen LogP contribution in [0.25, 0.3) is 0 Å². The molecule has 0 aliphatic carbocycles. The zero-order chi connectivity index (χ0) is 14.8. The highest BCUT2D eigenvalue weighted by Gasteiger charge is 2.37. The molecule has 0 bridgehead atoms. The molecule has 1 fully saturated rings. The van der Waals surface area contributed by atoms with Crippen molar-refractivity contribution < 1.29 is 9.13 Å². The number of likely N-dealkylation sites (N-methyl/N-ethyl adjacent to an activating group) is 1. The minimum Gasteiger partial charge on any atom is -0.379 e. The summed E-state index contributed by atoms with van der Waals surface area (Å²) in [5, 5.41) is 3.28. The summed E-state index contributed by atoms with van der Waals surface area (Å²) in [7, 11) is 1.88. The second-order valence-electron chi connectivity index (χ2n) is 5.62. The number of nitrogens with zero attached hydrogens (tertiary/aromatic N) is 1. The summed E-state index contributed by atoms with van der Waals surface area (Å²) >= 11 is 3.27. The molecular formula is C15H22BrFN2O. The van der Waals surface area contributed by atoms with Crippen LogP contribution in [0.4, 0.5) is 4.39 Å². The highest BCUT2D eigenvalue weighted by molar-refractivity contribution is 9.10. The monoisotopic (exact) mass is 344 g/mol. The summed E-state index contributed by atoms with van der Waals surface area (Å²) in [6.45, 7) is 7.53. The summed E-state index contributed by atoms with van der Waals surface area (Å²) < 4.78 is 20.3. The van der Waals surface area contributed by atoms with Gasteiger partial charge >= 0.3 is 0 Å². The van der Waals surface area contributed by atoms with E-state index < -0.39 is 0 Å². The molecule has 0 spiro atoms. The van der Waals surface area contributed by atoms with Crippen LogP contribution in [0.2, 0.25) is 0 Å². The van der Waals surface area contributed by atoms with Gasteiger partial charge in [0, 0.05) is 24.2 Å². The van der Waals surface area contributed by atoms with E-state index in [9.17, 15) is 4.39 Å². The molecule has 1 unspecified atom stereocenters. The molecule has 0 amide bonds. The molecule has 1 heterocycles. The summed E-state index contributed by atoms with van der Waals surface area (Å²) in [6, 6.07) is 5.37. The van der Waals surface area contributed by atoms with Crippen LogP contribution in [0.1, 0.15) is 25.5 Å². The molecule has 1 N–H and O–H groups in total. The Morgan fingerprint density at radius 2 is 2.00 bits per heavy atom. The van der Waals surface area contributed by atoms with E-state index >= 15 is 0 Å². The number of nitrogens with one attached hydrogen (secondary N) is 1. The van der Waals surface area contributed by atoms with Gasteiger partial charge in [-0.1, -0.05) is 12.1 Å². The van der Waals surface area contributed by atoms with Crippen LogP contribution in [0.5, 0.6) is 0 Å². The van der Waals surface area contributed by atoms with Crippen LogP contribution in [0, 0.1) is 5.82 Å². The van der Waals surface area contributed by atoms with E-state index in [4.69, 9.17) is 4.74 Å². The van der Waals surface area contributed by atoms with Gasteiger partial charge < -0.3 is 10.1 Å². The lowest BCUT2D eigenvalue weighted by atomic mass is 9.86. The summed E-state index contributed by atoms with van der Waals surface area (Å²) in [4.78, 5) is 2.36. The number of morpholine rings is 1. The standard InChI is InChI=1S/C15H22BrFN2O/c1-15(2,19-7-9-20-10-8-19)14(18-3)11-5-4-6-12(16)13(11)17/h4-6,14,18H,7-10H2,1-3H3. The van der Waals surface area contributed by atoms with Gasteiger partial charge in [-0.15, -0.1) is 0 Å². The van der Waals surface area contributed by atoms with E-state index in [-0.39, 0.29) is 17.4 Å². The van der Waals surface area contributed by atoms with Crippen LogP contribution in [0.3, 0.4) is 0 Å². The van der Waals surface area contributed by atoms with Gasteiger partial charge in [-0.2, -0.15) is 0 Å². The lowest BCUT2D eigenvalue weighted by Crippen LogP contribution is -2.55. The van der Waals surface area contributed by atoms with Crippen LogP contribution in [-0.2, 0) is 4.74 Å². The topological polar surface area (TPSA) is 24.5 Å². The molecule has 3 nitrogen and oxygen atoms in total. The molecule has 1 saturated heterocycles. The molecule has 1 atom stereocenters. The smallest absolute Gasteiger partial charge is 0.142 e.